The Morgan fingerprint density at radius 1 is 1.14 bits per heavy atom. The zero-order valence-electron chi connectivity index (χ0n) is 15.9. The highest BCUT2D eigenvalue weighted by Gasteiger charge is 2.30. The maximum absolute atomic E-state index is 12.5. The minimum absolute atomic E-state index is 0.0840. The van der Waals surface area contributed by atoms with Crippen molar-refractivity contribution in [2.45, 2.75) is 18.9 Å². The molecule has 0 saturated carbocycles. The third kappa shape index (κ3) is 4.43. The first-order chi connectivity index (χ1) is 13.5. The molecule has 2 aromatic carbocycles. The summed E-state index contributed by atoms with van der Waals surface area (Å²) in [6.45, 7) is 0.642. The van der Waals surface area contributed by atoms with Crippen molar-refractivity contribution in [3.63, 3.8) is 0 Å². The van der Waals surface area contributed by atoms with E-state index in [0.29, 0.717) is 30.2 Å². The first-order valence-electron chi connectivity index (χ1n) is 9.05. The minimum atomic E-state index is -1.17. The van der Waals surface area contributed by atoms with E-state index in [2.05, 4.69) is 5.32 Å². The van der Waals surface area contributed by atoms with Crippen LogP contribution in [-0.4, -0.2) is 44.1 Å². The molecule has 1 heterocycles. The molecule has 0 saturated heterocycles. The molecule has 1 unspecified atom stereocenters. The predicted octanol–water partition coefficient (Wildman–Crippen LogP) is 1.38. The average molecular weight is 383 g/mol. The molecular weight excluding hydrogens is 360 g/mol. The van der Waals surface area contributed by atoms with Crippen molar-refractivity contribution in [1.29, 1.82) is 0 Å². The van der Waals surface area contributed by atoms with Gasteiger partial charge in [0.05, 0.1) is 20.8 Å². The van der Waals surface area contributed by atoms with Gasteiger partial charge in [0.15, 0.2) is 11.5 Å². The van der Waals surface area contributed by atoms with E-state index in [1.54, 1.807) is 25.3 Å². The van der Waals surface area contributed by atoms with E-state index in [1.807, 2.05) is 29.2 Å². The molecule has 0 aromatic heterocycles. The molecular formula is C21H23N2O5-. The van der Waals surface area contributed by atoms with Gasteiger partial charge in [0.1, 0.15) is 0 Å². The molecule has 2 aromatic rings. The molecule has 148 valence electrons. The van der Waals surface area contributed by atoms with Crippen LogP contribution in [-0.2, 0) is 16.0 Å². The number of carbonyl (C=O) groups excluding carboxylic acids is 2. The lowest BCUT2D eigenvalue weighted by Crippen LogP contribution is -2.43. The van der Waals surface area contributed by atoms with E-state index in [1.165, 1.54) is 7.11 Å². The summed E-state index contributed by atoms with van der Waals surface area (Å²) in [5.41, 5.74) is 2.51. The predicted molar refractivity (Wildman–Crippen MR) is 102 cm³/mol. The molecule has 7 nitrogen and oxygen atoms in total. The number of carboxylic acid groups (broad SMARTS) is 1. The summed E-state index contributed by atoms with van der Waals surface area (Å²) in [6, 6.07) is 12.3. The standard InChI is InChI=1S/C21H24N2O5/c1-27-18-10-14-8-9-23(13-20(24)22-15-6-4-3-5-7-15)17(12-21(25)26)16(14)11-19(18)28-2/h3-7,10-11,17H,8-9,12-13H2,1-2H3,(H,22,24)(H,25,26)/p-1. The largest absolute Gasteiger partial charge is 0.550 e. The van der Waals surface area contributed by atoms with Crippen LogP contribution < -0.4 is 19.9 Å². The number of hydrogen-bond donors (Lipinski definition) is 1. The van der Waals surface area contributed by atoms with Gasteiger partial charge in [-0.25, -0.2) is 0 Å². The summed E-state index contributed by atoms with van der Waals surface area (Å²) in [6.07, 6.45) is 0.471. The fourth-order valence-electron chi connectivity index (χ4n) is 3.57. The first-order valence-corrected chi connectivity index (χ1v) is 9.05. The zero-order valence-corrected chi connectivity index (χ0v) is 15.9. The number of methoxy groups -OCH3 is 2. The Kier molecular flexibility index (Phi) is 6.16. The highest BCUT2D eigenvalue weighted by atomic mass is 16.5. The second-order valence-electron chi connectivity index (χ2n) is 6.63. The maximum atomic E-state index is 12.5. The number of rotatable bonds is 7. The van der Waals surface area contributed by atoms with Gasteiger partial charge in [0.25, 0.3) is 0 Å². The number of carboxylic acids is 1. The Hall–Kier alpha value is -3.06. The van der Waals surface area contributed by atoms with Crippen molar-refractivity contribution in [3.8, 4) is 11.5 Å². The summed E-state index contributed by atoms with van der Waals surface area (Å²) in [4.78, 5) is 25.7. The van der Waals surface area contributed by atoms with Crippen molar-refractivity contribution < 1.29 is 24.2 Å². The molecule has 1 N–H and O–H groups in total. The smallest absolute Gasteiger partial charge is 0.238 e. The van der Waals surface area contributed by atoms with Crippen molar-refractivity contribution >= 4 is 17.6 Å². The maximum Gasteiger partial charge on any atom is 0.238 e. The number of nitrogens with one attached hydrogen (secondary N) is 1. The van der Waals surface area contributed by atoms with E-state index in [4.69, 9.17) is 9.47 Å². The van der Waals surface area contributed by atoms with Gasteiger partial charge in [-0.3, -0.25) is 9.69 Å². The van der Waals surface area contributed by atoms with Crippen molar-refractivity contribution in [2.24, 2.45) is 0 Å². The van der Waals surface area contributed by atoms with Gasteiger partial charge in [0.2, 0.25) is 5.91 Å². The number of anilines is 1. The van der Waals surface area contributed by atoms with Gasteiger partial charge in [0, 0.05) is 30.7 Å². The second-order valence-corrected chi connectivity index (χ2v) is 6.63. The second kappa shape index (κ2) is 8.75. The molecule has 28 heavy (non-hydrogen) atoms. The van der Waals surface area contributed by atoms with Crippen LogP contribution in [0.25, 0.3) is 0 Å². The molecule has 1 aliphatic rings. The number of carbonyl (C=O) groups is 2. The van der Waals surface area contributed by atoms with E-state index in [0.717, 1.165) is 11.1 Å². The quantitative estimate of drug-likeness (QED) is 0.777. The molecule has 1 amide bonds. The third-order valence-electron chi connectivity index (χ3n) is 4.88. The van der Waals surface area contributed by atoms with Crippen LogP contribution in [0, 0.1) is 0 Å². The number of amides is 1. The lowest BCUT2D eigenvalue weighted by atomic mass is 9.90. The SMILES string of the molecule is COc1cc2c(cc1OC)C(CC(=O)[O-])N(CC(=O)Nc1ccccc1)CC2. The summed E-state index contributed by atoms with van der Waals surface area (Å²) >= 11 is 0. The van der Waals surface area contributed by atoms with Crippen molar-refractivity contribution in [3.05, 3.63) is 53.6 Å². The normalized spacial score (nSPS) is 16.1. The number of para-hydroxylation sites is 1. The number of nitrogens with zero attached hydrogens (tertiary/aromatic N) is 1. The van der Waals surface area contributed by atoms with Gasteiger partial charge in [-0.15, -0.1) is 0 Å². The van der Waals surface area contributed by atoms with Crippen LogP contribution in [0.15, 0.2) is 42.5 Å². The van der Waals surface area contributed by atoms with E-state index in [9.17, 15) is 14.7 Å². The molecule has 1 aliphatic heterocycles. The van der Waals surface area contributed by atoms with Gasteiger partial charge in [-0.2, -0.15) is 0 Å². The highest BCUT2D eigenvalue weighted by molar-refractivity contribution is 5.92. The molecule has 7 heteroatoms. The van der Waals surface area contributed by atoms with E-state index < -0.39 is 12.0 Å². The van der Waals surface area contributed by atoms with Crippen LogP contribution in [0.2, 0.25) is 0 Å². The van der Waals surface area contributed by atoms with Gasteiger partial charge in [-0.1, -0.05) is 18.2 Å². The fourth-order valence-corrected chi connectivity index (χ4v) is 3.57. The number of aliphatic carboxylic acids is 1. The van der Waals surface area contributed by atoms with Gasteiger partial charge in [-0.05, 0) is 41.8 Å². The Morgan fingerprint density at radius 3 is 2.46 bits per heavy atom. The number of ether oxygens (including phenoxy) is 2. The van der Waals surface area contributed by atoms with Crippen LogP contribution in [0.5, 0.6) is 11.5 Å². The zero-order chi connectivity index (χ0) is 20.1. The Labute approximate surface area is 163 Å². The molecule has 0 aliphatic carbocycles. The molecule has 0 radical (unpaired) electrons. The molecule has 0 bridgehead atoms. The Bertz CT molecular complexity index is 853. The van der Waals surface area contributed by atoms with Crippen LogP contribution in [0.1, 0.15) is 23.6 Å². The molecule has 3 rings (SSSR count). The highest BCUT2D eigenvalue weighted by Crippen LogP contribution is 2.39. The summed E-state index contributed by atoms with van der Waals surface area (Å²) in [5.74, 6) is -0.233. The first kappa shape index (κ1) is 19.7. The van der Waals surface area contributed by atoms with E-state index >= 15 is 0 Å². The van der Waals surface area contributed by atoms with Crippen LogP contribution in [0.4, 0.5) is 5.69 Å². The summed E-state index contributed by atoms with van der Waals surface area (Å²) in [5, 5.41) is 14.2. The average Bonchev–Trinajstić information content (AvgIpc) is 2.69. The van der Waals surface area contributed by atoms with Crippen molar-refractivity contribution in [2.75, 3.05) is 32.6 Å². The Balaban J connectivity index is 1.84. The molecule has 1 atom stereocenters. The monoisotopic (exact) mass is 383 g/mol. The minimum Gasteiger partial charge on any atom is -0.550 e. The van der Waals surface area contributed by atoms with E-state index in [-0.39, 0.29) is 18.9 Å². The lowest BCUT2D eigenvalue weighted by molar-refractivity contribution is -0.307. The Morgan fingerprint density at radius 2 is 1.82 bits per heavy atom. The topological polar surface area (TPSA) is 90.9 Å². The van der Waals surface area contributed by atoms with Crippen molar-refractivity contribution in [1.82, 2.24) is 4.90 Å². The number of fused-ring (bicyclic) bond motifs is 1. The fraction of sp³-hybridized carbons (Fsp3) is 0.333. The van der Waals surface area contributed by atoms with Gasteiger partial charge < -0.3 is 24.7 Å². The molecule has 0 fully saturated rings. The van der Waals surface area contributed by atoms with Gasteiger partial charge >= 0.3 is 0 Å². The summed E-state index contributed by atoms with van der Waals surface area (Å²) < 4.78 is 10.7. The van der Waals surface area contributed by atoms with Crippen LogP contribution >= 0.6 is 0 Å². The summed E-state index contributed by atoms with van der Waals surface area (Å²) in [7, 11) is 3.10. The number of hydrogen-bond acceptors (Lipinski definition) is 6. The van der Waals surface area contributed by atoms with Crippen LogP contribution in [0.3, 0.4) is 0 Å². The number of benzene rings is 2. The lowest BCUT2D eigenvalue weighted by Gasteiger charge is -2.37. The molecule has 0 spiro atoms. The third-order valence-corrected chi connectivity index (χ3v) is 4.88.